The monoisotopic (exact) mass is 1720 g/mol. The maximum absolute atomic E-state index is 14.3. The summed E-state index contributed by atoms with van der Waals surface area (Å²) in [5, 5.41) is 9.65. The topological polar surface area (TPSA) is 296 Å². The van der Waals surface area contributed by atoms with Crippen LogP contribution in [-0.4, -0.2) is 142 Å². The Morgan fingerprint density at radius 1 is 0.423 bits per heavy atom. The normalized spacial score (nSPS) is 17.5. The number of aryl methyl sites for hydroxylation is 4. The fourth-order valence-electron chi connectivity index (χ4n) is 17.8. The van der Waals surface area contributed by atoms with Crippen LogP contribution in [0.5, 0.6) is 23.0 Å². The molecule has 10 aliphatic heterocycles. The van der Waals surface area contributed by atoms with Crippen LogP contribution in [0, 0.1) is 0 Å². The Bertz CT molecular complexity index is 5330. The van der Waals surface area contributed by atoms with Crippen molar-refractivity contribution in [2.45, 2.75) is 161 Å². The van der Waals surface area contributed by atoms with Crippen LogP contribution in [0.15, 0.2) is 80.2 Å². The molecule has 0 unspecified atom stereocenters. The number of anilines is 2. The molecular weight excluding hydrogens is 1630 g/mol. The second-order valence-corrected chi connectivity index (χ2v) is 36.6. The maximum atomic E-state index is 14.3. The molecule has 22 nitrogen and oxygen atoms in total. The Kier molecular flexibility index (Phi) is 21.3. The number of hydrogen-bond donors (Lipinski definition) is 4. The summed E-state index contributed by atoms with van der Waals surface area (Å²) in [6.07, 6.45) is 18.8. The predicted octanol–water partition coefficient (Wildman–Crippen LogP) is 6.05. The Morgan fingerprint density at radius 3 is 1.29 bits per heavy atom. The van der Waals surface area contributed by atoms with Crippen LogP contribution < -0.4 is 69.7 Å². The van der Waals surface area contributed by atoms with Gasteiger partial charge in [0.25, 0.3) is 0 Å². The minimum atomic E-state index is -5.13. The van der Waals surface area contributed by atoms with Gasteiger partial charge in [-0.1, -0.05) is 70.2 Å². The first kappa shape index (κ1) is 73.4. The van der Waals surface area contributed by atoms with Crippen molar-refractivity contribution in [3.8, 4) is 23.0 Å². The molecule has 0 saturated carbocycles. The van der Waals surface area contributed by atoms with Crippen LogP contribution in [0.1, 0.15) is 157 Å². The number of nitrogens with one attached hydrogen (secondary N) is 4. The van der Waals surface area contributed by atoms with E-state index in [0.29, 0.717) is 77.2 Å². The Hall–Kier alpha value is -6.10. The lowest BCUT2D eigenvalue weighted by Crippen LogP contribution is -2.45. The molecule has 0 fully saturated rings. The summed E-state index contributed by atoms with van der Waals surface area (Å²) < 4.78 is 157. The third kappa shape index (κ3) is 14.3. The van der Waals surface area contributed by atoms with E-state index >= 15 is 0 Å². The summed E-state index contributed by atoms with van der Waals surface area (Å²) in [5.41, 5.74) is 15.2. The Balaban J connectivity index is 0.000000167. The molecule has 10 heterocycles. The smallest absolute Gasteiger partial charge is 0.241 e. The first-order chi connectivity index (χ1) is 50.1. The molecule has 0 radical (unpaired) electrons. The minimum absolute atomic E-state index is 0.0407. The number of benzene rings is 6. The molecule has 6 aromatic carbocycles. The molecule has 0 atom stereocenters. The van der Waals surface area contributed by atoms with E-state index in [0.717, 1.165) is 234 Å². The predicted molar refractivity (Wildman–Crippen MR) is 411 cm³/mol. The summed E-state index contributed by atoms with van der Waals surface area (Å²) >= 11 is 4.00. The number of alkyl halides is 2. The number of carbonyl (C=O) groups is 2. The van der Waals surface area contributed by atoms with Crippen LogP contribution in [0.2, 0.25) is 0 Å². The van der Waals surface area contributed by atoms with Gasteiger partial charge in [-0.15, -0.1) is 0 Å². The zero-order valence-electron chi connectivity index (χ0n) is 58.1. The molecule has 552 valence electrons. The number of fused-ring (bicyclic) bond motifs is 8. The molecule has 104 heavy (non-hydrogen) atoms. The molecule has 2 amide bonds. The first-order valence-electron chi connectivity index (χ1n) is 36.8. The van der Waals surface area contributed by atoms with Crippen molar-refractivity contribution >= 4 is 120 Å². The van der Waals surface area contributed by atoms with Gasteiger partial charge in [0, 0.05) is 156 Å². The highest BCUT2D eigenvalue weighted by molar-refractivity contribution is 14.1. The molecule has 28 heteroatoms. The van der Waals surface area contributed by atoms with Crippen molar-refractivity contribution in [3.05, 3.63) is 149 Å². The highest BCUT2D eigenvalue weighted by Gasteiger charge is 2.40. The van der Waals surface area contributed by atoms with Crippen molar-refractivity contribution in [1.29, 1.82) is 0 Å². The van der Waals surface area contributed by atoms with E-state index in [2.05, 4.69) is 63.3 Å². The largest absolute Gasteiger partial charge is 0.744 e. The van der Waals surface area contributed by atoms with Crippen LogP contribution in [-0.2, 0) is 101 Å². The van der Waals surface area contributed by atoms with E-state index in [1.807, 2.05) is 45.2 Å². The second kappa shape index (κ2) is 30.2. The van der Waals surface area contributed by atoms with E-state index in [9.17, 15) is 52.4 Å². The zero-order chi connectivity index (χ0) is 72.4. The molecule has 0 spiro atoms. The van der Waals surface area contributed by atoms with Gasteiger partial charge in [-0.3, -0.25) is 9.59 Å². The quantitative estimate of drug-likeness (QED) is 0.0197. The fourth-order valence-corrected chi connectivity index (χ4v) is 22.1. The van der Waals surface area contributed by atoms with Gasteiger partial charge in [0.15, 0.2) is 0 Å². The number of carbonyl (C=O) groups excluding carboxylic acids is 2. The standard InChI is InChI=1S/2C38H43IN4O7S2/c39-23-33(44)40-14-2-1-3-15-41-51(45,46)32-22-26(52(47,48)49)12-13-27(32)34-30-20-24-8-4-16-42-18-6-10-28(35(24)42)37(30)50-38-29-11-7-19-43-17-5-9-25(36(29)43)21-31(34)38;39-23-33(44)40-14-2-1-3-15-41-51(45,46)26-12-13-27(32(22-26)52(47,48)49)34-30-20-24-8-4-16-42-18-6-10-28(35(24)42)37(30)50-38-29-11-7-19-43-17-5-9-25(36(29)43)21-31(34)38/h2*12-13,20-22,41H,1-11,14-19,23H2,(H-,40,44,47,48,49). The van der Waals surface area contributed by atoms with Crippen molar-refractivity contribution < 1.29 is 61.8 Å². The van der Waals surface area contributed by atoms with Crippen LogP contribution in [0.3, 0.4) is 0 Å². The van der Waals surface area contributed by atoms with Gasteiger partial charge in [0.1, 0.15) is 69.4 Å². The third-order valence-electron chi connectivity index (χ3n) is 22.2. The van der Waals surface area contributed by atoms with E-state index in [1.54, 1.807) is 0 Å². The van der Waals surface area contributed by atoms with Gasteiger partial charge >= 0.3 is 0 Å². The highest BCUT2D eigenvalue weighted by atomic mass is 127. The number of nitrogens with zero attached hydrogens (tertiary/aromatic N) is 4. The lowest BCUT2D eigenvalue weighted by Gasteiger charge is -2.39. The molecule has 4 N–H and O–H groups in total. The number of sulfonamides is 2. The van der Waals surface area contributed by atoms with E-state index in [4.69, 9.17) is 9.47 Å². The zero-order valence-corrected chi connectivity index (χ0v) is 65.7. The highest BCUT2D eigenvalue weighted by Crippen LogP contribution is 2.52. The number of rotatable bonds is 22. The molecule has 16 rings (SSSR count). The maximum Gasteiger partial charge on any atom is 0.241 e. The summed E-state index contributed by atoms with van der Waals surface area (Å²) in [5.74, 6) is 2.87. The van der Waals surface area contributed by atoms with Gasteiger partial charge in [0.05, 0.1) is 39.6 Å². The number of ether oxygens (including phenoxy) is 2. The minimum Gasteiger partial charge on any atom is -0.744 e. The van der Waals surface area contributed by atoms with Crippen LogP contribution >= 0.6 is 45.2 Å². The van der Waals surface area contributed by atoms with Gasteiger partial charge < -0.3 is 39.0 Å². The van der Waals surface area contributed by atoms with E-state index < -0.39 is 50.1 Å². The molecule has 0 aliphatic carbocycles. The SMILES string of the molecule is O=C(CI)NCCCCCNS(=O)(=O)c1cc(S(=O)(=O)[O-])ccc1C1=c2cc3c4c(c2Oc2c1cc1c5c2CCCN5CCC1)CCC[N+]=4CCC3.O=C(CI)NCCCCCNS(=O)(=O)c1ccc(C2=c3cc4c5c(c3Oc3c2cc2c6c3CCCN6CCC2)CCC[N+]=5CCC4)c(S(=O)(=O)[O-])c1. The van der Waals surface area contributed by atoms with Crippen molar-refractivity contribution in [3.63, 3.8) is 0 Å². The summed E-state index contributed by atoms with van der Waals surface area (Å²) in [6, 6.07) is 16.3. The molecular formula is C76H86I2N8O14S4. The molecule has 10 aliphatic rings. The van der Waals surface area contributed by atoms with Crippen molar-refractivity contribution in [1.82, 2.24) is 29.2 Å². The average molecular weight is 1720 g/mol. The summed E-state index contributed by atoms with van der Waals surface area (Å²) in [7, 11) is -18.5. The Morgan fingerprint density at radius 2 is 0.827 bits per heavy atom. The fraction of sp³-hybridized carbons (Fsp3) is 0.474. The first-order valence-corrected chi connectivity index (χ1v) is 45.6. The van der Waals surface area contributed by atoms with Gasteiger partial charge in [-0.25, -0.2) is 52.3 Å². The lowest BCUT2D eigenvalue weighted by molar-refractivity contribution is -0.119. The summed E-state index contributed by atoms with van der Waals surface area (Å²) in [4.78, 5) is 26.2. The van der Waals surface area contributed by atoms with Crippen LogP contribution in [0.25, 0.3) is 11.1 Å². The number of halogens is 2. The van der Waals surface area contributed by atoms with Crippen LogP contribution in [0.4, 0.5) is 11.4 Å². The number of amides is 2. The Labute approximate surface area is 635 Å². The van der Waals surface area contributed by atoms with Crippen molar-refractivity contribution in [2.75, 3.05) is 97.2 Å². The van der Waals surface area contributed by atoms with Gasteiger partial charge in [-0.05, 0) is 162 Å². The summed E-state index contributed by atoms with van der Waals surface area (Å²) in [6.45, 7) is 9.18. The number of unbranched alkanes of at least 4 members (excludes halogenated alkanes) is 4. The molecule has 0 aromatic heterocycles. The second-order valence-electron chi connectivity index (χ2n) is 28.8. The molecule has 0 bridgehead atoms. The lowest BCUT2D eigenvalue weighted by atomic mass is 9.82. The average Bonchev–Trinajstić information content (AvgIpc) is 0.405. The third-order valence-corrected chi connectivity index (χ3v) is 28.2. The van der Waals surface area contributed by atoms with E-state index in [1.165, 1.54) is 68.6 Å². The van der Waals surface area contributed by atoms with Gasteiger partial charge in [0.2, 0.25) is 42.6 Å². The van der Waals surface area contributed by atoms with Gasteiger partial charge in [-0.2, -0.15) is 0 Å². The molecule has 0 saturated heterocycles. The number of hydrogen-bond acceptors (Lipinski definition) is 16. The van der Waals surface area contributed by atoms with Crippen molar-refractivity contribution in [2.24, 2.45) is 0 Å². The van der Waals surface area contributed by atoms with E-state index in [-0.39, 0.29) is 40.3 Å². The molecule has 6 aromatic rings.